The molecule has 6 nitrogen and oxygen atoms in total. The van der Waals surface area contributed by atoms with Crippen LogP contribution < -0.4 is 4.31 Å². The second-order valence-corrected chi connectivity index (χ2v) is 12.5. The second kappa shape index (κ2) is 11.9. The number of benzene rings is 3. The van der Waals surface area contributed by atoms with E-state index >= 15 is 0 Å². The lowest BCUT2D eigenvalue weighted by molar-refractivity contribution is -0.0680. The van der Waals surface area contributed by atoms with E-state index in [9.17, 15) is 13.5 Å². The van der Waals surface area contributed by atoms with Crippen LogP contribution >= 0.6 is 0 Å². The number of hydrogen-bond acceptors (Lipinski definition) is 5. The van der Waals surface area contributed by atoms with Crippen LogP contribution in [0.4, 0.5) is 5.69 Å². The maximum absolute atomic E-state index is 14.1. The molecular formula is C31H40N2O4S. The summed E-state index contributed by atoms with van der Waals surface area (Å²) in [7, 11) is -3.86. The number of aryl methyl sites for hydroxylation is 4. The van der Waals surface area contributed by atoms with Crippen molar-refractivity contribution in [2.45, 2.75) is 71.1 Å². The number of nitrogens with zero attached hydrogens (tertiary/aromatic N) is 2. The van der Waals surface area contributed by atoms with Crippen LogP contribution in [0.1, 0.15) is 48.1 Å². The van der Waals surface area contributed by atoms with E-state index in [4.69, 9.17) is 4.74 Å². The third-order valence-electron chi connectivity index (χ3n) is 7.05. The Bertz CT molecular complexity index is 1320. The first kappa shape index (κ1) is 28.1. The first-order valence-corrected chi connectivity index (χ1v) is 14.8. The molecule has 1 N–H and O–H groups in total. The predicted octanol–water partition coefficient (Wildman–Crippen LogP) is 5.75. The Morgan fingerprint density at radius 2 is 1.55 bits per heavy atom. The van der Waals surface area contributed by atoms with Crippen molar-refractivity contribution in [1.82, 2.24) is 4.90 Å². The lowest BCUT2D eigenvalue weighted by Crippen LogP contribution is -2.45. The van der Waals surface area contributed by atoms with Gasteiger partial charge in [0.15, 0.2) is 0 Å². The standard InChI is InChI=1S/C31H40N2O4S/c1-22-16-23(2)31(24(3)17-22)38(35,36)33(21-28-8-6-10-30(34)18-28)29-13-11-27(12-14-29)9-7-15-32-19-25(4)37-26(5)20-32/h6,8,10-14,16-18,25-26,34H,7,9,15,19-21H2,1-5H3. The minimum Gasteiger partial charge on any atom is -0.508 e. The summed E-state index contributed by atoms with van der Waals surface area (Å²) in [4.78, 5) is 2.80. The highest BCUT2D eigenvalue weighted by molar-refractivity contribution is 7.92. The molecule has 0 radical (unpaired) electrons. The largest absolute Gasteiger partial charge is 0.508 e. The zero-order chi connectivity index (χ0) is 27.4. The Kier molecular flexibility index (Phi) is 8.81. The Hall–Kier alpha value is -2.87. The summed E-state index contributed by atoms with van der Waals surface area (Å²) < 4.78 is 35.5. The third-order valence-corrected chi connectivity index (χ3v) is 9.13. The molecule has 0 bridgehead atoms. The van der Waals surface area contributed by atoms with Gasteiger partial charge in [-0.05, 0) is 101 Å². The van der Waals surface area contributed by atoms with E-state index in [0.717, 1.165) is 49.2 Å². The summed E-state index contributed by atoms with van der Waals surface area (Å²) in [5, 5.41) is 10.00. The molecule has 204 valence electrons. The number of anilines is 1. The topological polar surface area (TPSA) is 70.1 Å². The average Bonchev–Trinajstić information content (AvgIpc) is 2.82. The number of rotatable bonds is 9. The second-order valence-electron chi connectivity index (χ2n) is 10.7. The smallest absolute Gasteiger partial charge is 0.265 e. The molecule has 0 aromatic heterocycles. The van der Waals surface area contributed by atoms with Gasteiger partial charge in [-0.1, -0.05) is 42.0 Å². The fourth-order valence-corrected chi connectivity index (χ4v) is 7.49. The summed E-state index contributed by atoms with van der Waals surface area (Å²) in [5.41, 5.74) is 4.99. The zero-order valence-electron chi connectivity index (χ0n) is 23.1. The molecule has 3 aromatic rings. The highest BCUT2D eigenvalue weighted by atomic mass is 32.2. The molecule has 2 unspecified atom stereocenters. The van der Waals surface area contributed by atoms with Crippen LogP contribution in [0.2, 0.25) is 0 Å². The number of phenols is 1. The van der Waals surface area contributed by atoms with Crippen molar-refractivity contribution >= 4 is 15.7 Å². The highest BCUT2D eigenvalue weighted by Crippen LogP contribution is 2.31. The molecular weight excluding hydrogens is 496 g/mol. The fourth-order valence-electron chi connectivity index (χ4n) is 5.62. The molecule has 1 fully saturated rings. The molecule has 38 heavy (non-hydrogen) atoms. The predicted molar refractivity (Wildman–Crippen MR) is 153 cm³/mol. The van der Waals surface area contributed by atoms with Crippen molar-refractivity contribution in [2.24, 2.45) is 0 Å². The summed E-state index contributed by atoms with van der Waals surface area (Å²) >= 11 is 0. The van der Waals surface area contributed by atoms with Gasteiger partial charge in [0.25, 0.3) is 10.0 Å². The van der Waals surface area contributed by atoms with Crippen LogP contribution in [0.15, 0.2) is 65.6 Å². The van der Waals surface area contributed by atoms with Gasteiger partial charge in [-0.15, -0.1) is 0 Å². The van der Waals surface area contributed by atoms with Crippen molar-refractivity contribution in [3.63, 3.8) is 0 Å². The summed E-state index contributed by atoms with van der Waals surface area (Å²) in [5.74, 6) is 0.113. The van der Waals surface area contributed by atoms with Crippen LogP contribution in [0.5, 0.6) is 5.75 Å². The van der Waals surface area contributed by atoms with E-state index in [1.54, 1.807) is 18.2 Å². The molecule has 1 saturated heterocycles. The van der Waals surface area contributed by atoms with Crippen molar-refractivity contribution in [1.29, 1.82) is 0 Å². The van der Waals surface area contributed by atoms with Crippen LogP contribution in [-0.4, -0.2) is 50.3 Å². The van der Waals surface area contributed by atoms with Crippen LogP contribution in [0.3, 0.4) is 0 Å². The minimum atomic E-state index is -3.86. The monoisotopic (exact) mass is 536 g/mol. The van der Waals surface area contributed by atoms with E-state index in [-0.39, 0.29) is 24.5 Å². The Balaban J connectivity index is 1.57. The molecule has 0 saturated carbocycles. The Morgan fingerprint density at radius 1 is 0.921 bits per heavy atom. The van der Waals surface area contributed by atoms with Gasteiger partial charge in [0, 0.05) is 13.1 Å². The van der Waals surface area contributed by atoms with Gasteiger partial charge in [-0.25, -0.2) is 8.42 Å². The van der Waals surface area contributed by atoms with Gasteiger partial charge in [-0.3, -0.25) is 9.21 Å². The number of hydrogen-bond donors (Lipinski definition) is 1. The molecule has 0 aliphatic carbocycles. The molecule has 1 aliphatic heterocycles. The first-order valence-electron chi connectivity index (χ1n) is 13.4. The van der Waals surface area contributed by atoms with E-state index < -0.39 is 10.0 Å². The minimum absolute atomic E-state index is 0.113. The van der Waals surface area contributed by atoms with Gasteiger partial charge in [0.05, 0.1) is 29.3 Å². The summed E-state index contributed by atoms with van der Waals surface area (Å²) in [6.45, 7) is 13.0. The highest BCUT2D eigenvalue weighted by Gasteiger charge is 2.29. The maximum Gasteiger partial charge on any atom is 0.265 e. The number of aromatic hydroxyl groups is 1. The molecule has 1 aliphatic rings. The fraction of sp³-hybridized carbons (Fsp3) is 0.419. The first-order chi connectivity index (χ1) is 18.0. The lowest BCUT2D eigenvalue weighted by Gasteiger charge is -2.35. The number of phenolic OH excluding ortho intramolecular Hbond substituents is 1. The Morgan fingerprint density at radius 3 is 2.16 bits per heavy atom. The lowest BCUT2D eigenvalue weighted by atomic mass is 10.1. The molecule has 2 atom stereocenters. The van der Waals surface area contributed by atoms with E-state index in [1.807, 2.05) is 63.2 Å². The van der Waals surface area contributed by atoms with Gasteiger partial charge in [0.2, 0.25) is 0 Å². The Labute approximate surface area is 227 Å². The van der Waals surface area contributed by atoms with Gasteiger partial charge in [-0.2, -0.15) is 0 Å². The van der Waals surface area contributed by atoms with Gasteiger partial charge in [0.1, 0.15) is 5.75 Å². The molecule has 0 amide bonds. The van der Waals surface area contributed by atoms with E-state index in [2.05, 4.69) is 18.7 Å². The van der Waals surface area contributed by atoms with Crippen LogP contribution in [-0.2, 0) is 27.7 Å². The van der Waals surface area contributed by atoms with E-state index in [0.29, 0.717) is 16.1 Å². The normalized spacial score (nSPS) is 18.4. The molecule has 1 heterocycles. The number of ether oxygens (including phenoxy) is 1. The van der Waals surface area contributed by atoms with Crippen molar-refractivity contribution in [2.75, 3.05) is 23.9 Å². The number of sulfonamides is 1. The maximum atomic E-state index is 14.1. The molecule has 3 aromatic carbocycles. The van der Waals surface area contributed by atoms with Crippen LogP contribution in [0, 0.1) is 20.8 Å². The summed E-state index contributed by atoms with van der Waals surface area (Å²) in [6.07, 6.45) is 2.48. The molecule has 4 rings (SSSR count). The van der Waals surface area contributed by atoms with Crippen molar-refractivity contribution in [3.05, 3.63) is 88.5 Å². The molecule has 7 heteroatoms. The van der Waals surface area contributed by atoms with Gasteiger partial charge < -0.3 is 9.84 Å². The van der Waals surface area contributed by atoms with Crippen molar-refractivity contribution in [3.8, 4) is 5.75 Å². The SMILES string of the molecule is Cc1cc(C)c(S(=O)(=O)N(Cc2cccc(O)c2)c2ccc(CCCN3CC(C)OC(C)C3)cc2)c(C)c1. The van der Waals surface area contributed by atoms with E-state index in [1.165, 1.54) is 9.87 Å². The zero-order valence-corrected chi connectivity index (χ0v) is 24.0. The van der Waals surface area contributed by atoms with Crippen LogP contribution in [0.25, 0.3) is 0 Å². The van der Waals surface area contributed by atoms with Gasteiger partial charge >= 0.3 is 0 Å². The molecule has 0 spiro atoms. The average molecular weight is 537 g/mol. The quantitative estimate of drug-likeness (QED) is 0.377. The third kappa shape index (κ3) is 6.76. The summed E-state index contributed by atoms with van der Waals surface area (Å²) in [6, 6.07) is 18.4. The van der Waals surface area contributed by atoms with Crippen molar-refractivity contribution < 1.29 is 18.3 Å². The number of morpholine rings is 1.